The Bertz CT molecular complexity index is 1360. The molecule has 5 N–H and O–H groups in total. The molecular weight excluding hydrogens is 588 g/mol. The van der Waals surface area contributed by atoms with Crippen LogP contribution >= 0.6 is 0 Å². The molecule has 2 aromatic rings. The molecule has 0 aliphatic carbocycles. The van der Waals surface area contributed by atoms with Crippen molar-refractivity contribution in [3.63, 3.8) is 0 Å². The van der Waals surface area contributed by atoms with Crippen LogP contribution in [0.2, 0.25) is 0 Å². The fourth-order valence-electron chi connectivity index (χ4n) is 4.34. The van der Waals surface area contributed by atoms with Crippen LogP contribution < -0.4 is 5.73 Å². The van der Waals surface area contributed by atoms with Gasteiger partial charge in [-0.05, 0) is 30.2 Å². The Morgan fingerprint density at radius 3 is 2.07 bits per heavy atom. The number of hydrogen-bond donors (Lipinski definition) is 4. The lowest BCUT2D eigenvalue weighted by Crippen LogP contribution is -2.43. The number of carboxylic acids is 3. The number of nitro benzene ring substituents is 1. The molecule has 0 aliphatic heterocycles. The highest BCUT2D eigenvalue weighted by molar-refractivity contribution is 5.71. The number of nitro groups is 1. The first kappa shape index (κ1) is 36.2. The molecule has 242 valence electrons. The van der Waals surface area contributed by atoms with Crippen molar-refractivity contribution in [2.75, 3.05) is 52.4 Å². The van der Waals surface area contributed by atoms with Crippen molar-refractivity contribution in [3.8, 4) is 0 Å². The van der Waals surface area contributed by atoms with Gasteiger partial charge in [-0.2, -0.15) is 0 Å². The van der Waals surface area contributed by atoms with E-state index in [1.54, 1.807) is 40.1 Å². The maximum absolute atomic E-state index is 11.6. The molecule has 0 amide bonds. The van der Waals surface area contributed by atoms with E-state index in [-0.39, 0.29) is 44.0 Å². The minimum Gasteiger partial charge on any atom is -0.481 e. The molecule has 0 spiro atoms. The number of aliphatic carboxylic acids is 3. The molecule has 0 aliphatic rings. The van der Waals surface area contributed by atoms with E-state index in [1.165, 1.54) is 30.4 Å². The zero-order chi connectivity index (χ0) is 33.2. The van der Waals surface area contributed by atoms with Gasteiger partial charge in [0.15, 0.2) is 6.29 Å². The van der Waals surface area contributed by atoms with Crippen LogP contribution in [0.5, 0.6) is 0 Å². The lowest BCUT2D eigenvalue weighted by atomic mass is 10.1. The summed E-state index contributed by atoms with van der Waals surface area (Å²) >= 11 is 0. The summed E-state index contributed by atoms with van der Waals surface area (Å²) in [5, 5.41) is 38.7. The topological polar surface area (TPSA) is 221 Å². The van der Waals surface area contributed by atoms with Gasteiger partial charge in [0.1, 0.15) is 5.69 Å². The van der Waals surface area contributed by atoms with Crippen LogP contribution in [0.15, 0.2) is 66.4 Å². The van der Waals surface area contributed by atoms with Crippen LogP contribution in [0.3, 0.4) is 0 Å². The van der Waals surface area contributed by atoms with E-state index >= 15 is 0 Å². The standard InChI is InChI=1S/C30H38N6O9/c31-24(4-1-2-7-28(38)39)18-34(20-29(40)41)16-14-33(13-12-23-8-10-27(11-9-23)36(44)45)15-17-35(21-30(42)43)19-25-5-3-6-26(22-37)32-25/h1-6,8-11,22H,7,12-21,31H2,(H,38,39)(H,40,41)(H,42,43)/b2-1-,24-4-. The average molecular weight is 627 g/mol. The number of pyridine rings is 1. The van der Waals surface area contributed by atoms with E-state index in [0.717, 1.165) is 5.56 Å². The van der Waals surface area contributed by atoms with Gasteiger partial charge in [-0.15, -0.1) is 0 Å². The van der Waals surface area contributed by atoms with Crippen LogP contribution in [0.25, 0.3) is 0 Å². The monoisotopic (exact) mass is 626 g/mol. The quantitative estimate of drug-likeness (QED) is 0.0630. The number of hydrogen-bond acceptors (Lipinski definition) is 11. The van der Waals surface area contributed by atoms with E-state index in [4.69, 9.17) is 10.8 Å². The van der Waals surface area contributed by atoms with Gasteiger partial charge in [0, 0.05) is 63.6 Å². The summed E-state index contributed by atoms with van der Waals surface area (Å²) in [7, 11) is 0. The molecule has 0 bridgehead atoms. The summed E-state index contributed by atoms with van der Waals surface area (Å²) < 4.78 is 0. The second-order valence-corrected chi connectivity index (χ2v) is 10.2. The van der Waals surface area contributed by atoms with E-state index < -0.39 is 22.8 Å². The molecule has 1 aromatic carbocycles. The number of carboxylic acid groups (broad SMARTS) is 3. The molecule has 15 heteroatoms. The van der Waals surface area contributed by atoms with Crippen molar-refractivity contribution in [2.45, 2.75) is 19.4 Å². The highest BCUT2D eigenvalue weighted by Crippen LogP contribution is 2.13. The maximum Gasteiger partial charge on any atom is 0.317 e. The number of carbonyl (C=O) groups excluding carboxylic acids is 1. The number of non-ortho nitro benzene ring substituents is 1. The first-order valence-electron chi connectivity index (χ1n) is 14.0. The molecule has 0 unspecified atom stereocenters. The Morgan fingerprint density at radius 1 is 0.844 bits per heavy atom. The minimum atomic E-state index is -1.06. The summed E-state index contributed by atoms with van der Waals surface area (Å²) in [4.78, 5) is 65.1. The number of benzene rings is 1. The summed E-state index contributed by atoms with van der Waals surface area (Å²) in [5.41, 5.74) is 7.99. The van der Waals surface area contributed by atoms with E-state index in [0.29, 0.717) is 56.8 Å². The summed E-state index contributed by atoms with van der Waals surface area (Å²) in [6, 6.07) is 11.1. The molecule has 0 radical (unpaired) electrons. The summed E-state index contributed by atoms with van der Waals surface area (Å²) in [5.74, 6) is -3.09. The van der Waals surface area contributed by atoms with Crippen molar-refractivity contribution in [3.05, 3.63) is 93.5 Å². The molecule has 1 heterocycles. The number of rotatable bonds is 22. The number of aldehydes is 1. The molecule has 0 atom stereocenters. The Balaban J connectivity index is 2.17. The second kappa shape index (κ2) is 19.3. The first-order valence-corrected chi connectivity index (χ1v) is 14.0. The summed E-state index contributed by atoms with van der Waals surface area (Å²) in [6.07, 6.45) is 5.39. The van der Waals surface area contributed by atoms with Gasteiger partial charge >= 0.3 is 17.9 Å². The minimum absolute atomic E-state index is 0.0278. The van der Waals surface area contributed by atoms with Crippen LogP contribution in [-0.4, -0.2) is 116 Å². The lowest BCUT2D eigenvalue weighted by Gasteiger charge is -2.29. The fraction of sp³-hybridized carbons (Fsp3) is 0.367. The third-order valence-corrected chi connectivity index (χ3v) is 6.53. The van der Waals surface area contributed by atoms with E-state index in [1.807, 2.05) is 4.90 Å². The SMILES string of the molecule is N/C(=C\C=C/CC(=O)O)CN(CCN(CCc1ccc([N+](=O)[O-])cc1)CCN(CC(=O)O)Cc1cccc(C=O)n1)CC(=O)O. The van der Waals surface area contributed by atoms with Crippen LogP contribution in [0.4, 0.5) is 5.69 Å². The molecule has 2 rings (SSSR count). The van der Waals surface area contributed by atoms with Crippen LogP contribution in [-0.2, 0) is 27.3 Å². The summed E-state index contributed by atoms with van der Waals surface area (Å²) in [6.45, 7) is 1.62. The normalized spacial score (nSPS) is 11.8. The van der Waals surface area contributed by atoms with Crippen molar-refractivity contribution >= 4 is 29.9 Å². The largest absolute Gasteiger partial charge is 0.481 e. The zero-order valence-corrected chi connectivity index (χ0v) is 24.7. The van der Waals surface area contributed by atoms with Crippen LogP contribution in [0.1, 0.15) is 28.2 Å². The van der Waals surface area contributed by atoms with E-state index in [2.05, 4.69) is 4.98 Å². The number of aromatic nitrogens is 1. The molecule has 15 nitrogen and oxygen atoms in total. The fourth-order valence-corrected chi connectivity index (χ4v) is 4.34. The van der Waals surface area contributed by atoms with Gasteiger partial charge < -0.3 is 26.0 Å². The smallest absolute Gasteiger partial charge is 0.317 e. The molecular formula is C30H38N6O9. The Morgan fingerprint density at radius 2 is 1.47 bits per heavy atom. The Labute approximate surface area is 260 Å². The van der Waals surface area contributed by atoms with Gasteiger partial charge in [0.05, 0.1) is 30.1 Å². The van der Waals surface area contributed by atoms with Gasteiger partial charge in [0.2, 0.25) is 0 Å². The van der Waals surface area contributed by atoms with Gasteiger partial charge in [-0.1, -0.05) is 30.4 Å². The highest BCUT2D eigenvalue weighted by Gasteiger charge is 2.17. The number of nitrogens with zero attached hydrogens (tertiary/aromatic N) is 5. The van der Waals surface area contributed by atoms with Crippen molar-refractivity contribution in [2.24, 2.45) is 5.73 Å². The van der Waals surface area contributed by atoms with Crippen molar-refractivity contribution < 1.29 is 39.4 Å². The van der Waals surface area contributed by atoms with Gasteiger partial charge in [-0.25, -0.2) is 4.98 Å². The molecule has 45 heavy (non-hydrogen) atoms. The van der Waals surface area contributed by atoms with Crippen LogP contribution in [0, 0.1) is 10.1 Å². The Hall–Kier alpha value is -4.99. The zero-order valence-electron chi connectivity index (χ0n) is 24.7. The van der Waals surface area contributed by atoms with Gasteiger partial charge in [0.25, 0.3) is 5.69 Å². The molecule has 0 fully saturated rings. The van der Waals surface area contributed by atoms with E-state index in [9.17, 15) is 39.5 Å². The number of carbonyl (C=O) groups is 4. The third-order valence-electron chi connectivity index (χ3n) is 6.53. The van der Waals surface area contributed by atoms with Crippen molar-refractivity contribution in [1.82, 2.24) is 19.7 Å². The first-order chi connectivity index (χ1) is 21.4. The highest BCUT2D eigenvalue weighted by atomic mass is 16.6. The molecule has 1 aromatic heterocycles. The molecule has 0 saturated heterocycles. The second-order valence-electron chi connectivity index (χ2n) is 10.2. The van der Waals surface area contributed by atoms with Crippen molar-refractivity contribution in [1.29, 1.82) is 0 Å². The number of allylic oxidation sites excluding steroid dienone is 2. The molecule has 0 saturated carbocycles. The van der Waals surface area contributed by atoms with Gasteiger partial charge in [-0.3, -0.25) is 39.1 Å². The predicted molar refractivity (Wildman–Crippen MR) is 164 cm³/mol. The predicted octanol–water partition coefficient (Wildman–Crippen LogP) is 1.49. The maximum atomic E-state index is 11.6. The average Bonchev–Trinajstić information content (AvgIpc) is 2.98. The lowest BCUT2D eigenvalue weighted by molar-refractivity contribution is -0.384. The number of nitrogens with two attached hydrogens (primary N) is 1. The third kappa shape index (κ3) is 15.3. The Kier molecular flexibility index (Phi) is 15.5.